The molecule has 3 heteroatoms. The maximum atomic E-state index is 13.2. The first kappa shape index (κ1) is 49.2. The van der Waals surface area contributed by atoms with Crippen LogP contribution in [0.25, 0.3) is 0 Å². The largest absolute Gasteiger partial charge is 0.460 e. The Labute approximate surface area is 367 Å². The number of carbonyl (C=O) groups excluding carboxylic acids is 1. The van der Waals surface area contributed by atoms with Gasteiger partial charge in [-0.1, -0.05) is 195 Å². The molecule has 0 aliphatic heterocycles. The van der Waals surface area contributed by atoms with Crippen LogP contribution in [0.3, 0.4) is 0 Å². The molecule has 0 aromatic heterocycles. The van der Waals surface area contributed by atoms with Crippen molar-refractivity contribution in [1.29, 1.82) is 0 Å². The zero-order valence-electron chi connectivity index (χ0n) is 40.9. The SMILES string of the molecule is C=C(C)C1CC[C@]2(C)CC[C@]3(C)C(CC[C@@]4(C)C5CC[C@H](OC(=O)COCCCCCCCCCCCCCCCCCCCCCCCC)C(C)(C)C5CC[C@]43C)C12. The fourth-order valence-corrected chi connectivity index (χ4v) is 15.6. The monoisotopic (exact) mass is 821 g/mol. The smallest absolute Gasteiger partial charge is 0.332 e. The van der Waals surface area contributed by atoms with Gasteiger partial charge in [-0.3, -0.25) is 0 Å². The Bertz CT molecular complexity index is 1270. The van der Waals surface area contributed by atoms with Crippen molar-refractivity contribution in [2.75, 3.05) is 13.2 Å². The summed E-state index contributed by atoms with van der Waals surface area (Å²) in [5.74, 6) is 3.53. The van der Waals surface area contributed by atoms with E-state index in [0.717, 1.165) is 30.6 Å². The fraction of sp³-hybridized carbons (Fsp3) is 0.946. The molecule has 0 bridgehead atoms. The van der Waals surface area contributed by atoms with Gasteiger partial charge in [0.05, 0.1) is 0 Å². The molecule has 5 saturated carbocycles. The highest BCUT2D eigenvalue weighted by Gasteiger charge is 2.71. The van der Waals surface area contributed by atoms with E-state index in [1.54, 1.807) is 0 Å². The van der Waals surface area contributed by atoms with Crippen LogP contribution in [0.4, 0.5) is 0 Å². The van der Waals surface area contributed by atoms with Crippen LogP contribution < -0.4 is 0 Å². The maximum Gasteiger partial charge on any atom is 0.332 e. The molecule has 5 aliphatic rings. The highest BCUT2D eigenvalue weighted by Crippen LogP contribution is 2.78. The summed E-state index contributed by atoms with van der Waals surface area (Å²) in [6, 6.07) is 0. The predicted molar refractivity (Wildman–Crippen MR) is 253 cm³/mol. The lowest BCUT2D eigenvalue weighted by Crippen LogP contribution is -2.67. The van der Waals surface area contributed by atoms with Crippen molar-refractivity contribution >= 4 is 5.97 Å². The Morgan fingerprint density at radius 1 is 0.542 bits per heavy atom. The zero-order chi connectivity index (χ0) is 42.6. The second-order valence-corrected chi connectivity index (χ2v) is 23.6. The normalized spacial score (nSPS) is 36.0. The highest BCUT2D eigenvalue weighted by atomic mass is 16.6. The Kier molecular flexibility index (Phi) is 18.9. The third-order valence-electron chi connectivity index (χ3n) is 19.8. The van der Waals surface area contributed by atoms with E-state index in [9.17, 15) is 4.79 Å². The Morgan fingerprint density at radius 3 is 1.56 bits per heavy atom. The molecule has 0 radical (unpaired) electrons. The number of rotatable bonds is 27. The second-order valence-electron chi connectivity index (χ2n) is 23.6. The number of ether oxygens (including phenoxy) is 2. The number of allylic oxidation sites excluding steroid dienone is 1. The first-order valence-corrected chi connectivity index (χ1v) is 26.7. The van der Waals surface area contributed by atoms with Crippen LogP contribution in [0.1, 0.15) is 261 Å². The molecule has 5 fully saturated rings. The number of esters is 1. The van der Waals surface area contributed by atoms with E-state index in [1.807, 2.05) is 0 Å². The predicted octanol–water partition coefficient (Wildman–Crippen LogP) is 17.2. The molecule has 5 unspecified atom stereocenters. The van der Waals surface area contributed by atoms with Crippen LogP contribution >= 0.6 is 0 Å². The van der Waals surface area contributed by atoms with Crippen molar-refractivity contribution in [3.63, 3.8) is 0 Å². The first-order chi connectivity index (χ1) is 28.2. The molecule has 5 aliphatic carbocycles. The highest BCUT2D eigenvalue weighted by molar-refractivity contribution is 5.71. The molecule has 0 amide bonds. The quantitative estimate of drug-likeness (QED) is 0.0470. The summed E-state index contributed by atoms with van der Waals surface area (Å²) < 4.78 is 12.2. The minimum atomic E-state index is -0.144. The van der Waals surface area contributed by atoms with Gasteiger partial charge in [-0.2, -0.15) is 0 Å². The van der Waals surface area contributed by atoms with Crippen LogP contribution in [0.5, 0.6) is 0 Å². The lowest BCUT2D eigenvalue weighted by atomic mass is 9.31. The molecular weight excluding hydrogens is 721 g/mol. The summed E-state index contributed by atoms with van der Waals surface area (Å²) >= 11 is 0. The first-order valence-electron chi connectivity index (χ1n) is 26.7. The minimum Gasteiger partial charge on any atom is -0.460 e. The maximum absolute atomic E-state index is 13.2. The average Bonchev–Trinajstić information content (AvgIpc) is 3.56. The standard InChI is InChI=1S/C56H100O3/c1-10-11-12-13-14-15-16-17-18-19-20-21-22-23-24-25-26-27-28-29-30-31-42-58-43-50(57)59-49-33-32-47-46(52(49,4)5)36-39-56(9)54(47,7)38-35-48-51-45(44(2)3)34-37-53(51,6)40-41-55(48,56)8/h45-49,51H,2,10-43H2,1,3-9H3/t45?,46?,47?,48?,49-,51?,53+,54-,55+,56+/m0/s1. The van der Waals surface area contributed by atoms with Gasteiger partial charge in [0, 0.05) is 12.0 Å². The van der Waals surface area contributed by atoms with Gasteiger partial charge in [-0.05, 0) is 129 Å². The molecule has 0 aromatic carbocycles. The van der Waals surface area contributed by atoms with Gasteiger partial charge in [0.2, 0.25) is 0 Å². The lowest BCUT2D eigenvalue weighted by Gasteiger charge is -2.74. The average molecular weight is 821 g/mol. The minimum absolute atomic E-state index is 0.000644. The summed E-state index contributed by atoms with van der Waals surface area (Å²) in [6.07, 6.45) is 43.9. The summed E-state index contributed by atoms with van der Waals surface area (Å²) in [5, 5.41) is 0. The van der Waals surface area contributed by atoms with Crippen LogP contribution in [0.15, 0.2) is 12.2 Å². The van der Waals surface area contributed by atoms with Gasteiger partial charge in [0.1, 0.15) is 12.7 Å². The van der Waals surface area contributed by atoms with Crippen molar-refractivity contribution in [2.45, 2.75) is 267 Å². The number of unbranched alkanes of at least 4 members (excludes halogenated alkanes) is 21. The van der Waals surface area contributed by atoms with E-state index in [0.29, 0.717) is 40.1 Å². The number of hydrogen-bond acceptors (Lipinski definition) is 3. The molecule has 0 N–H and O–H groups in total. The van der Waals surface area contributed by atoms with Crippen LogP contribution in [0, 0.1) is 56.7 Å². The third kappa shape index (κ3) is 11.5. The van der Waals surface area contributed by atoms with E-state index in [2.05, 4.69) is 62.0 Å². The van der Waals surface area contributed by atoms with Crippen molar-refractivity contribution in [1.82, 2.24) is 0 Å². The second kappa shape index (κ2) is 22.7. The summed E-state index contributed by atoms with van der Waals surface area (Å²) in [7, 11) is 0. The molecule has 342 valence electrons. The lowest BCUT2D eigenvalue weighted by molar-refractivity contribution is -0.259. The number of fused-ring (bicyclic) bond motifs is 7. The molecule has 0 saturated heterocycles. The topological polar surface area (TPSA) is 35.5 Å². The molecule has 3 nitrogen and oxygen atoms in total. The van der Waals surface area contributed by atoms with Gasteiger partial charge in [-0.15, -0.1) is 0 Å². The van der Waals surface area contributed by atoms with E-state index < -0.39 is 0 Å². The van der Waals surface area contributed by atoms with Crippen LogP contribution in [-0.2, 0) is 14.3 Å². The van der Waals surface area contributed by atoms with Crippen LogP contribution in [0.2, 0.25) is 0 Å². The molecule has 5 rings (SSSR count). The van der Waals surface area contributed by atoms with E-state index in [4.69, 9.17) is 9.47 Å². The number of hydrogen-bond donors (Lipinski definition) is 0. The Balaban J connectivity index is 0.902. The summed E-state index contributed by atoms with van der Waals surface area (Å²) in [6.45, 7) is 25.7. The van der Waals surface area contributed by atoms with Gasteiger partial charge in [0.25, 0.3) is 0 Å². The van der Waals surface area contributed by atoms with Crippen molar-refractivity contribution in [3.05, 3.63) is 12.2 Å². The van der Waals surface area contributed by atoms with E-state index in [1.165, 1.54) is 198 Å². The van der Waals surface area contributed by atoms with Gasteiger partial charge >= 0.3 is 5.97 Å². The molecule has 0 aromatic rings. The van der Waals surface area contributed by atoms with Crippen molar-refractivity contribution in [2.24, 2.45) is 56.7 Å². The molecule has 0 heterocycles. The molecular formula is C56H100O3. The summed E-state index contributed by atoms with van der Waals surface area (Å²) in [5.41, 5.74) is 3.04. The third-order valence-corrected chi connectivity index (χ3v) is 19.8. The number of carbonyl (C=O) groups is 1. The van der Waals surface area contributed by atoms with E-state index in [-0.39, 0.29) is 24.1 Å². The van der Waals surface area contributed by atoms with Gasteiger partial charge in [-0.25, -0.2) is 4.79 Å². The zero-order valence-corrected chi connectivity index (χ0v) is 40.9. The Hall–Kier alpha value is -0.830. The fourth-order valence-electron chi connectivity index (χ4n) is 15.6. The van der Waals surface area contributed by atoms with E-state index >= 15 is 0 Å². The summed E-state index contributed by atoms with van der Waals surface area (Å²) in [4.78, 5) is 13.2. The molecule has 10 atom stereocenters. The molecule has 59 heavy (non-hydrogen) atoms. The van der Waals surface area contributed by atoms with Crippen molar-refractivity contribution in [3.8, 4) is 0 Å². The van der Waals surface area contributed by atoms with Crippen molar-refractivity contribution < 1.29 is 14.3 Å². The van der Waals surface area contributed by atoms with Crippen LogP contribution in [-0.4, -0.2) is 25.3 Å². The van der Waals surface area contributed by atoms with Gasteiger partial charge in [0.15, 0.2) is 0 Å². The van der Waals surface area contributed by atoms with Gasteiger partial charge < -0.3 is 9.47 Å². The molecule has 0 spiro atoms. The Morgan fingerprint density at radius 2 is 1.03 bits per heavy atom.